The quantitative estimate of drug-likeness (QED) is 0.879. The van der Waals surface area contributed by atoms with Crippen molar-refractivity contribution in [2.75, 3.05) is 25.9 Å². The lowest BCUT2D eigenvalue weighted by molar-refractivity contribution is 0.0874. The van der Waals surface area contributed by atoms with Gasteiger partial charge in [-0.25, -0.2) is 0 Å². The fourth-order valence-corrected chi connectivity index (χ4v) is 3.15. The van der Waals surface area contributed by atoms with Gasteiger partial charge in [-0.05, 0) is 44.8 Å². The molecule has 0 bridgehead atoms. The predicted octanol–water partition coefficient (Wildman–Crippen LogP) is 1.48. The van der Waals surface area contributed by atoms with Crippen molar-refractivity contribution in [3.8, 4) is 0 Å². The Balaban J connectivity index is 1.70. The van der Waals surface area contributed by atoms with Crippen molar-refractivity contribution < 1.29 is 4.79 Å². The molecule has 20 heavy (non-hydrogen) atoms. The lowest BCUT2D eigenvalue weighted by atomic mass is 9.94. The van der Waals surface area contributed by atoms with Crippen LogP contribution < -0.4 is 11.1 Å². The van der Waals surface area contributed by atoms with Crippen LogP contribution in [-0.4, -0.2) is 41.6 Å². The van der Waals surface area contributed by atoms with Gasteiger partial charge in [0.15, 0.2) is 0 Å². The van der Waals surface area contributed by atoms with Crippen LogP contribution in [0.3, 0.4) is 0 Å². The third-order valence-electron chi connectivity index (χ3n) is 4.47. The third-order valence-corrected chi connectivity index (χ3v) is 4.47. The number of carbonyl (C=O) groups is 1. The molecule has 1 saturated carbocycles. The average Bonchev–Trinajstić information content (AvgIpc) is 3.16. The van der Waals surface area contributed by atoms with Crippen LogP contribution >= 0.6 is 0 Å². The van der Waals surface area contributed by atoms with E-state index in [1.54, 1.807) is 6.07 Å². The zero-order valence-corrected chi connectivity index (χ0v) is 12.3. The molecule has 1 aliphatic carbocycles. The van der Waals surface area contributed by atoms with Gasteiger partial charge in [-0.3, -0.25) is 4.79 Å². The first-order valence-corrected chi connectivity index (χ1v) is 7.51. The van der Waals surface area contributed by atoms with E-state index in [9.17, 15) is 4.79 Å². The number of hydrogen-bond acceptors (Lipinski definition) is 3. The Morgan fingerprint density at radius 1 is 1.40 bits per heavy atom. The van der Waals surface area contributed by atoms with Crippen LogP contribution in [0.15, 0.2) is 12.3 Å². The number of aromatic nitrogens is 1. The number of piperidine rings is 1. The van der Waals surface area contributed by atoms with Crippen LogP contribution in [0.25, 0.3) is 0 Å². The van der Waals surface area contributed by atoms with Gasteiger partial charge < -0.3 is 20.5 Å². The maximum atomic E-state index is 12.5. The van der Waals surface area contributed by atoms with Crippen LogP contribution in [0, 0.1) is 5.92 Å². The lowest BCUT2D eigenvalue weighted by Crippen LogP contribution is -2.49. The first-order valence-electron chi connectivity index (χ1n) is 7.51. The number of carbonyl (C=O) groups excluding carboxylic acids is 1. The molecular formula is C15H24N4O. The normalized spacial score (nSPS) is 27.5. The first kappa shape index (κ1) is 13.5. The number of rotatable bonds is 3. The number of hydrogen-bond donors (Lipinski definition) is 2. The van der Waals surface area contributed by atoms with Crippen molar-refractivity contribution in [1.82, 2.24) is 14.8 Å². The maximum absolute atomic E-state index is 12.5. The average molecular weight is 276 g/mol. The van der Waals surface area contributed by atoms with Crippen LogP contribution in [0.2, 0.25) is 0 Å². The smallest absolute Gasteiger partial charge is 0.268 e. The van der Waals surface area contributed by atoms with Crippen molar-refractivity contribution in [2.24, 2.45) is 5.92 Å². The Morgan fingerprint density at radius 3 is 2.80 bits per heavy atom. The van der Waals surface area contributed by atoms with Gasteiger partial charge in [-0.2, -0.15) is 0 Å². The van der Waals surface area contributed by atoms with E-state index in [2.05, 4.69) is 24.2 Å². The highest BCUT2D eigenvalue weighted by atomic mass is 16.2. The summed E-state index contributed by atoms with van der Waals surface area (Å²) in [6.45, 7) is 4.28. The molecule has 2 unspecified atom stereocenters. The molecule has 110 valence electrons. The SMILES string of the molecule is CC1CN(C)CCC1NC(=O)c1cc(N)cn1C1CC1. The van der Waals surface area contributed by atoms with Gasteiger partial charge >= 0.3 is 0 Å². The Labute approximate surface area is 120 Å². The minimum absolute atomic E-state index is 0.0232. The van der Waals surface area contributed by atoms with E-state index in [0.29, 0.717) is 17.6 Å². The van der Waals surface area contributed by atoms with Crippen LogP contribution in [0.4, 0.5) is 5.69 Å². The Kier molecular flexibility index (Phi) is 3.46. The summed E-state index contributed by atoms with van der Waals surface area (Å²) in [6, 6.07) is 2.54. The van der Waals surface area contributed by atoms with Gasteiger partial charge in [-0.1, -0.05) is 6.92 Å². The Morgan fingerprint density at radius 2 is 2.15 bits per heavy atom. The van der Waals surface area contributed by atoms with Crippen molar-refractivity contribution in [3.05, 3.63) is 18.0 Å². The fourth-order valence-electron chi connectivity index (χ4n) is 3.15. The molecule has 2 atom stereocenters. The van der Waals surface area contributed by atoms with Crippen molar-refractivity contribution >= 4 is 11.6 Å². The monoisotopic (exact) mass is 276 g/mol. The molecule has 0 spiro atoms. The molecule has 5 nitrogen and oxygen atoms in total. The van der Waals surface area contributed by atoms with Crippen LogP contribution in [0.5, 0.6) is 0 Å². The minimum atomic E-state index is 0.0232. The van der Waals surface area contributed by atoms with Crippen molar-refractivity contribution in [1.29, 1.82) is 0 Å². The van der Waals surface area contributed by atoms with Gasteiger partial charge in [-0.15, -0.1) is 0 Å². The van der Waals surface area contributed by atoms with E-state index in [1.165, 1.54) is 0 Å². The Hall–Kier alpha value is -1.49. The number of nitrogens with zero attached hydrogens (tertiary/aromatic N) is 2. The molecule has 1 amide bonds. The molecule has 5 heteroatoms. The highest BCUT2D eigenvalue weighted by Gasteiger charge is 2.30. The predicted molar refractivity (Wildman–Crippen MR) is 79.6 cm³/mol. The second-order valence-electron chi connectivity index (χ2n) is 6.41. The summed E-state index contributed by atoms with van der Waals surface area (Å²) < 4.78 is 2.05. The molecular weight excluding hydrogens is 252 g/mol. The molecule has 0 radical (unpaired) electrons. The fraction of sp³-hybridized carbons (Fsp3) is 0.667. The second kappa shape index (κ2) is 5.13. The van der Waals surface area contributed by atoms with Crippen molar-refractivity contribution in [3.63, 3.8) is 0 Å². The van der Waals surface area contributed by atoms with Gasteiger partial charge in [0, 0.05) is 24.8 Å². The molecule has 2 aliphatic rings. The summed E-state index contributed by atoms with van der Waals surface area (Å²) in [5.41, 5.74) is 7.25. The molecule has 1 aromatic heterocycles. The topological polar surface area (TPSA) is 63.3 Å². The second-order valence-corrected chi connectivity index (χ2v) is 6.41. The summed E-state index contributed by atoms with van der Waals surface area (Å²) in [6.07, 6.45) is 5.21. The number of anilines is 1. The molecule has 2 fully saturated rings. The molecule has 1 aromatic rings. The highest BCUT2D eigenvalue weighted by molar-refractivity contribution is 5.94. The van der Waals surface area contributed by atoms with E-state index in [0.717, 1.165) is 38.0 Å². The highest BCUT2D eigenvalue weighted by Crippen LogP contribution is 2.37. The van der Waals surface area contributed by atoms with Gasteiger partial charge in [0.1, 0.15) is 5.69 Å². The van der Waals surface area contributed by atoms with E-state index in [-0.39, 0.29) is 11.9 Å². The van der Waals surface area contributed by atoms with Crippen molar-refractivity contribution in [2.45, 2.75) is 38.3 Å². The van der Waals surface area contributed by atoms with Gasteiger partial charge in [0.2, 0.25) is 0 Å². The molecule has 3 rings (SSSR count). The van der Waals surface area contributed by atoms with Gasteiger partial charge in [0.25, 0.3) is 5.91 Å². The largest absolute Gasteiger partial charge is 0.397 e. The summed E-state index contributed by atoms with van der Waals surface area (Å²) in [4.78, 5) is 14.8. The summed E-state index contributed by atoms with van der Waals surface area (Å²) in [5, 5.41) is 3.20. The van der Waals surface area contributed by atoms with E-state index in [1.807, 2.05) is 10.8 Å². The molecule has 3 N–H and O–H groups in total. The summed E-state index contributed by atoms with van der Waals surface area (Å²) in [7, 11) is 2.13. The zero-order valence-electron chi connectivity index (χ0n) is 12.3. The third kappa shape index (κ3) is 2.68. The molecule has 1 aliphatic heterocycles. The van der Waals surface area contributed by atoms with Crippen LogP contribution in [-0.2, 0) is 0 Å². The molecule has 0 aromatic carbocycles. The van der Waals surface area contributed by atoms with E-state index < -0.39 is 0 Å². The summed E-state index contributed by atoms with van der Waals surface area (Å²) in [5.74, 6) is 0.509. The number of nitrogen functional groups attached to an aromatic ring is 1. The van der Waals surface area contributed by atoms with E-state index in [4.69, 9.17) is 5.73 Å². The Bertz CT molecular complexity index is 506. The molecule has 2 heterocycles. The number of nitrogens with two attached hydrogens (primary N) is 1. The maximum Gasteiger partial charge on any atom is 0.268 e. The zero-order chi connectivity index (χ0) is 14.3. The lowest BCUT2D eigenvalue weighted by Gasteiger charge is -2.35. The first-order chi connectivity index (χ1) is 9.54. The number of amides is 1. The number of likely N-dealkylation sites (tertiary alicyclic amines) is 1. The van der Waals surface area contributed by atoms with Gasteiger partial charge in [0.05, 0.1) is 5.69 Å². The molecule has 1 saturated heterocycles. The van der Waals surface area contributed by atoms with Crippen LogP contribution in [0.1, 0.15) is 42.7 Å². The standard InChI is InChI=1S/C15H24N4O/c1-10-8-18(2)6-5-13(10)17-15(20)14-7-11(16)9-19(14)12-3-4-12/h7,9-10,12-13H,3-6,8,16H2,1-2H3,(H,17,20). The van der Waals surface area contributed by atoms with E-state index >= 15 is 0 Å². The summed E-state index contributed by atoms with van der Waals surface area (Å²) >= 11 is 0. The minimum Gasteiger partial charge on any atom is -0.397 e. The number of nitrogens with one attached hydrogen (secondary N) is 1.